The van der Waals surface area contributed by atoms with Crippen molar-refractivity contribution in [2.75, 3.05) is 0 Å². The van der Waals surface area contributed by atoms with Gasteiger partial charge in [0, 0.05) is 6.20 Å². The lowest BCUT2D eigenvalue weighted by Crippen LogP contribution is -2.29. The second kappa shape index (κ2) is 4.76. The largest absolute Gasteiger partial charge is 0.491 e. The molecule has 0 fully saturated rings. The minimum atomic E-state index is -5.21. The van der Waals surface area contributed by atoms with Gasteiger partial charge in [0.05, 0.1) is 11.0 Å². The first-order valence-electron chi connectivity index (χ1n) is 5.13. The quantitative estimate of drug-likeness (QED) is 0.836. The van der Waals surface area contributed by atoms with Gasteiger partial charge in [0.2, 0.25) is 5.88 Å². The summed E-state index contributed by atoms with van der Waals surface area (Å²) in [5, 5.41) is 0. The van der Waals surface area contributed by atoms with Crippen molar-refractivity contribution in [3.63, 3.8) is 0 Å². The summed E-state index contributed by atoms with van der Waals surface area (Å²) in [7, 11) is 0. The van der Waals surface area contributed by atoms with Gasteiger partial charge in [-0.1, -0.05) is 0 Å². The number of aromatic nitrogens is 2. The number of pyridine rings is 2. The molecule has 2 N–H and O–H groups in total. The SMILES string of the molecule is NC(=O)c1cc2ncccc2nc1OC(=O)C(F)(F)F. The van der Waals surface area contributed by atoms with Crippen LogP contribution in [0.5, 0.6) is 5.88 Å². The second-order valence-corrected chi connectivity index (χ2v) is 3.63. The van der Waals surface area contributed by atoms with Gasteiger partial charge in [-0.05, 0) is 18.2 Å². The highest BCUT2D eigenvalue weighted by molar-refractivity contribution is 5.99. The van der Waals surface area contributed by atoms with Crippen molar-refractivity contribution < 1.29 is 27.5 Å². The second-order valence-electron chi connectivity index (χ2n) is 3.63. The highest BCUT2D eigenvalue weighted by Crippen LogP contribution is 2.24. The lowest BCUT2D eigenvalue weighted by Gasteiger charge is -2.09. The van der Waals surface area contributed by atoms with Crippen LogP contribution >= 0.6 is 0 Å². The standard InChI is InChI=1S/C11H6F3N3O3/c12-11(13,14)10(19)20-9-5(8(15)18)4-7-6(17-9)2-1-3-16-7/h1-4H,(H2,15,18). The van der Waals surface area contributed by atoms with Gasteiger partial charge in [0.15, 0.2) is 0 Å². The van der Waals surface area contributed by atoms with Crippen molar-refractivity contribution >= 4 is 22.9 Å². The van der Waals surface area contributed by atoms with Crippen LogP contribution in [0.2, 0.25) is 0 Å². The molecule has 0 bridgehead atoms. The average Bonchev–Trinajstić information content (AvgIpc) is 2.36. The summed E-state index contributed by atoms with van der Waals surface area (Å²) in [4.78, 5) is 29.5. The normalized spacial score (nSPS) is 11.3. The molecule has 0 radical (unpaired) electrons. The van der Waals surface area contributed by atoms with Gasteiger partial charge in [0.25, 0.3) is 5.91 Å². The topological polar surface area (TPSA) is 95.2 Å². The van der Waals surface area contributed by atoms with Crippen LogP contribution in [-0.2, 0) is 4.79 Å². The Kier molecular flexibility index (Phi) is 3.26. The van der Waals surface area contributed by atoms with Crippen LogP contribution < -0.4 is 10.5 Å². The highest BCUT2D eigenvalue weighted by Gasteiger charge is 2.42. The molecule has 0 spiro atoms. The average molecular weight is 285 g/mol. The molecule has 2 aromatic heterocycles. The maximum Gasteiger partial charge on any atom is 0.491 e. The van der Waals surface area contributed by atoms with Crippen LogP contribution in [0.25, 0.3) is 11.0 Å². The van der Waals surface area contributed by atoms with Gasteiger partial charge >= 0.3 is 12.1 Å². The van der Waals surface area contributed by atoms with Crippen LogP contribution in [-0.4, -0.2) is 28.0 Å². The van der Waals surface area contributed by atoms with Gasteiger partial charge in [-0.15, -0.1) is 0 Å². The number of carbonyl (C=O) groups is 2. The first-order chi connectivity index (χ1) is 9.29. The minimum Gasteiger partial charge on any atom is -0.400 e. The van der Waals surface area contributed by atoms with E-state index in [2.05, 4.69) is 14.7 Å². The lowest BCUT2D eigenvalue weighted by atomic mass is 10.2. The molecule has 2 aromatic rings. The summed E-state index contributed by atoms with van der Waals surface area (Å²) < 4.78 is 40.5. The Morgan fingerprint density at radius 2 is 1.95 bits per heavy atom. The van der Waals surface area contributed by atoms with Gasteiger partial charge in [-0.25, -0.2) is 9.78 Å². The smallest absolute Gasteiger partial charge is 0.400 e. The van der Waals surface area contributed by atoms with Crippen molar-refractivity contribution in [3.05, 3.63) is 30.0 Å². The zero-order valence-electron chi connectivity index (χ0n) is 9.64. The summed E-state index contributed by atoms with van der Waals surface area (Å²) >= 11 is 0. The van der Waals surface area contributed by atoms with E-state index in [0.717, 1.165) is 6.07 Å². The van der Waals surface area contributed by atoms with Crippen molar-refractivity contribution in [2.24, 2.45) is 5.73 Å². The summed E-state index contributed by atoms with van der Waals surface area (Å²) in [5.74, 6) is -4.38. The first-order valence-corrected chi connectivity index (χ1v) is 5.13. The molecule has 104 valence electrons. The predicted octanol–water partition coefficient (Wildman–Crippen LogP) is 1.20. The van der Waals surface area contributed by atoms with Gasteiger partial charge < -0.3 is 10.5 Å². The predicted molar refractivity (Wildman–Crippen MR) is 59.7 cm³/mol. The third kappa shape index (κ3) is 2.66. The summed E-state index contributed by atoms with van der Waals surface area (Å²) in [6.45, 7) is 0. The van der Waals surface area contributed by atoms with Crippen LogP contribution in [0.3, 0.4) is 0 Å². The number of hydrogen-bond acceptors (Lipinski definition) is 5. The van der Waals surface area contributed by atoms with E-state index in [1.165, 1.54) is 18.3 Å². The molecule has 2 heterocycles. The molecule has 1 amide bonds. The molecular formula is C11H6F3N3O3. The lowest BCUT2D eigenvalue weighted by molar-refractivity contribution is -0.190. The number of nitrogens with zero attached hydrogens (tertiary/aromatic N) is 2. The first kappa shape index (κ1) is 13.7. The number of halogens is 3. The maximum atomic E-state index is 12.2. The number of ether oxygens (including phenoxy) is 1. The molecule has 0 aliphatic carbocycles. The van der Waals surface area contributed by atoms with E-state index in [4.69, 9.17) is 5.73 Å². The Bertz CT molecular complexity index is 700. The molecule has 0 saturated carbocycles. The van der Waals surface area contributed by atoms with Crippen molar-refractivity contribution in [1.29, 1.82) is 0 Å². The van der Waals surface area contributed by atoms with Crippen LogP contribution in [0.15, 0.2) is 24.4 Å². The van der Waals surface area contributed by atoms with E-state index in [-0.39, 0.29) is 11.0 Å². The van der Waals surface area contributed by atoms with Gasteiger partial charge in [0.1, 0.15) is 5.56 Å². The van der Waals surface area contributed by atoms with E-state index < -0.39 is 29.5 Å². The number of carbonyl (C=O) groups excluding carboxylic acids is 2. The molecular weight excluding hydrogens is 279 g/mol. The van der Waals surface area contributed by atoms with Crippen LogP contribution in [0.4, 0.5) is 13.2 Å². The van der Waals surface area contributed by atoms with Gasteiger partial charge in [-0.3, -0.25) is 9.78 Å². The molecule has 0 aliphatic rings. The number of rotatable bonds is 2. The Morgan fingerprint density at radius 1 is 1.25 bits per heavy atom. The Hall–Kier alpha value is -2.71. The third-order valence-electron chi connectivity index (χ3n) is 2.24. The molecule has 6 nitrogen and oxygen atoms in total. The number of primary amides is 1. The number of nitrogens with two attached hydrogens (primary N) is 1. The van der Waals surface area contributed by atoms with Crippen molar-refractivity contribution in [2.45, 2.75) is 6.18 Å². The molecule has 0 atom stereocenters. The Balaban J connectivity index is 2.53. The monoisotopic (exact) mass is 285 g/mol. The zero-order chi connectivity index (χ0) is 14.9. The molecule has 0 aromatic carbocycles. The maximum absolute atomic E-state index is 12.2. The van der Waals surface area contributed by atoms with Crippen molar-refractivity contribution in [3.8, 4) is 5.88 Å². The molecule has 20 heavy (non-hydrogen) atoms. The zero-order valence-corrected chi connectivity index (χ0v) is 9.64. The van der Waals surface area contributed by atoms with E-state index in [1.807, 2.05) is 0 Å². The summed E-state index contributed by atoms with van der Waals surface area (Å²) in [5.41, 5.74) is 4.93. The number of amides is 1. The fourth-order valence-corrected chi connectivity index (χ4v) is 1.38. The summed E-state index contributed by atoms with van der Waals surface area (Å²) in [6, 6.07) is 4.01. The number of hydrogen-bond donors (Lipinski definition) is 1. The minimum absolute atomic E-state index is 0.155. The van der Waals surface area contributed by atoms with Crippen molar-refractivity contribution in [1.82, 2.24) is 9.97 Å². The Morgan fingerprint density at radius 3 is 2.55 bits per heavy atom. The number of fused-ring (bicyclic) bond motifs is 1. The molecule has 0 unspecified atom stereocenters. The molecule has 0 saturated heterocycles. The van der Waals surface area contributed by atoms with E-state index >= 15 is 0 Å². The fraction of sp³-hybridized carbons (Fsp3) is 0.0909. The summed E-state index contributed by atoms with van der Waals surface area (Å²) in [6.07, 6.45) is -3.81. The number of esters is 1. The highest BCUT2D eigenvalue weighted by atomic mass is 19.4. The fourth-order valence-electron chi connectivity index (χ4n) is 1.38. The Labute approximate surface area is 109 Å². The van der Waals surface area contributed by atoms with E-state index in [0.29, 0.717) is 0 Å². The molecule has 9 heteroatoms. The third-order valence-corrected chi connectivity index (χ3v) is 2.24. The van der Waals surface area contributed by atoms with E-state index in [9.17, 15) is 22.8 Å². The number of alkyl halides is 3. The van der Waals surface area contributed by atoms with Gasteiger partial charge in [-0.2, -0.15) is 13.2 Å². The van der Waals surface area contributed by atoms with Crippen LogP contribution in [0.1, 0.15) is 10.4 Å². The molecule has 0 aliphatic heterocycles. The molecule has 2 rings (SSSR count). The van der Waals surface area contributed by atoms with E-state index in [1.54, 1.807) is 0 Å². The van der Waals surface area contributed by atoms with Crippen LogP contribution in [0, 0.1) is 0 Å².